The van der Waals surface area contributed by atoms with Gasteiger partial charge in [0.2, 0.25) is 0 Å². The van der Waals surface area contributed by atoms with Crippen LogP contribution in [0.3, 0.4) is 0 Å². The van der Waals surface area contributed by atoms with Crippen LogP contribution in [0.2, 0.25) is 0 Å². The summed E-state index contributed by atoms with van der Waals surface area (Å²) in [6.45, 7) is 4.04. The van der Waals surface area contributed by atoms with Crippen molar-refractivity contribution in [3.05, 3.63) is 42.5 Å². The topological polar surface area (TPSA) is 29.1 Å². The number of thioether (sulfide) groups is 1. The van der Waals surface area contributed by atoms with Gasteiger partial charge in [0.25, 0.3) is 5.91 Å². The van der Waals surface area contributed by atoms with E-state index in [1.807, 2.05) is 30.5 Å². The Morgan fingerprint density at radius 3 is 2.64 bits per heavy atom. The summed E-state index contributed by atoms with van der Waals surface area (Å²) in [5, 5.41) is 2.72. The number of amides is 1. The van der Waals surface area contributed by atoms with E-state index in [4.69, 9.17) is 0 Å². The van der Waals surface area contributed by atoms with Crippen LogP contribution in [0.1, 0.15) is 10.4 Å². The van der Waals surface area contributed by atoms with Gasteiger partial charge in [0.1, 0.15) is 0 Å². The normalized spacial score (nSPS) is 9.50. The molecule has 0 aliphatic heterocycles. The Labute approximate surface area is 88.4 Å². The average molecular weight is 207 g/mol. The second-order valence-corrected chi connectivity index (χ2v) is 3.61. The van der Waals surface area contributed by atoms with Crippen LogP contribution in [0.4, 0.5) is 0 Å². The van der Waals surface area contributed by atoms with Crippen molar-refractivity contribution in [3.63, 3.8) is 0 Å². The smallest absolute Gasteiger partial charge is 0.251 e. The lowest BCUT2D eigenvalue weighted by molar-refractivity contribution is 0.0958. The van der Waals surface area contributed by atoms with Crippen LogP contribution in [-0.2, 0) is 0 Å². The molecule has 0 fully saturated rings. The van der Waals surface area contributed by atoms with E-state index >= 15 is 0 Å². The Morgan fingerprint density at radius 1 is 1.50 bits per heavy atom. The van der Waals surface area contributed by atoms with E-state index in [1.54, 1.807) is 17.8 Å². The van der Waals surface area contributed by atoms with Gasteiger partial charge in [-0.1, -0.05) is 6.08 Å². The molecular weight excluding hydrogens is 194 g/mol. The number of hydrogen-bond donors (Lipinski definition) is 1. The molecular formula is C11H13NOS. The first kappa shape index (κ1) is 10.9. The zero-order valence-corrected chi connectivity index (χ0v) is 8.93. The van der Waals surface area contributed by atoms with Gasteiger partial charge in [0, 0.05) is 17.0 Å². The van der Waals surface area contributed by atoms with Crippen LogP contribution >= 0.6 is 11.8 Å². The molecule has 0 radical (unpaired) electrons. The summed E-state index contributed by atoms with van der Waals surface area (Å²) in [5.74, 6) is -0.0578. The molecule has 1 amide bonds. The third-order valence-electron chi connectivity index (χ3n) is 1.76. The maximum Gasteiger partial charge on any atom is 0.251 e. The minimum atomic E-state index is -0.0578. The predicted molar refractivity (Wildman–Crippen MR) is 60.8 cm³/mol. The summed E-state index contributed by atoms with van der Waals surface area (Å²) in [6.07, 6.45) is 3.67. The van der Waals surface area contributed by atoms with Crippen LogP contribution in [0, 0.1) is 0 Å². The number of nitrogens with one attached hydrogen (secondary N) is 1. The fraction of sp³-hybridized carbons (Fsp3) is 0.182. The summed E-state index contributed by atoms with van der Waals surface area (Å²) in [4.78, 5) is 12.6. The molecule has 2 nitrogen and oxygen atoms in total. The molecule has 0 bridgehead atoms. The van der Waals surface area contributed by atoms with Crippen molar-refractivity contribution in [2.24, 2.45) is 0 Å². The Hall–Kier alpha value is -1.22. The highest BCUT2D eigenvalue weighted by molar-refractivity contribution is 7.98. The molecule has 1 aromatic carbocycles. The van der Waals surface area contributed by atoms with Crippen molar-refractivity contribution in [2.45, 2.75) is 4.90 Å². The molecule has 0 aliphatic carbocycles. The summed E-state index contributed by atoms with van der Waals surface area (Å²) >= 11 is 1.66. The molecule has 0 heterocycles. The van der Waals surface area contributed by atoms with Crippen LogP contribution in [-0.4, -0.2) is 18.7 Å². The molecule has 1 N–H and O–H groups in total. The summed E-state index contributed by atoms with van der Waals surface area (Å²) in [7, 11) is 0. The first-order valence-electron chi connectivity index (χ1n) is 4.31. The van der Waals surface area contributed by atoms with Gasteiger partial charge in [0.15, 0.2) is 0 Å². The van der Waals surface area contributed by atoms with E-state index in [-0.39, 0.29) is 5.91 Å². The molecule has 0 unspecified atom stereocenters. The third kappa shape index (κ3) is 2.92. The summed E-state index contributed by atoms with van der Waals surface area (Å²) < 4.78 is 0. The van der Waals surface area contributed by atoms with Gasteiger partial charge in [-0.3, -0.25) is 4.79 Å². The fourth-order valence-corrected chi connectivity index (χ4v) is 1.42. The lowest BCUT2D eigenvalue weighted by Crippen LogP contribution is -2.22. The molecule has 1 rings (SSSR count). The van der Waals surface area contributed by atoms with Crippen LogP contribution in [0.15, 0.2) is 41.8 Å². The molecule has 3 heteroatoms. The highest BCUT2D eigenvalue weighted by Crippen LogP contribution is 2.14. The van der Waals surface area contributed by atoms with Gasteiger partial charge in [-0.25, -0.2) is 0 Å². The molecule has 0 atom stereocenters. The molecule has 0 saturated heterocycles. The van der Waals surface area contributed by atoms with Crippen LogP contribution in [0.25, 0.3) is 0 Å². The monoisotopic (exact) mass is 207 g/mol. The molecule has 14 heavy (non-hydrogen) atoms. The van der Waals surface area contributed by atoms with Crippen molar-refractivity contribution >= 4 is 17.7 Å². The maximum absolute atomic E-state index is 11.4. The second-order valence-electron chi connectivity index (χ2n) is 2.73. The summed E-state index contributed by atoms with van der Waals surface area (Å²) in [5.41, 5.74) is 0.685. The average Bonchev–Trinajstić information content (AvgIpc) is 2.26. The fourth-order valence-electron chi connectivity index (χ4n) is 1.01. The van der Waals surface area contributed by atoms with Crippen molar-refractivity contribution in [2.75, 3.05) is 12.8 Å². The third-order valence-corrected chi connectivity index (χ3v) is 2.50. The quantitative estimate of drug-likeness (QED) is 0.606. The first-order valence-corrected chi connectivity index (χ1v) is 5.53. The number of rotatable bonds is 4. The van der Waals surface area contributed by atoms with Gasteiger partial charge in [-0.05, 0) is 30.5 Å². The number of carbonyl (C=O) groups excluding carboxylic acids is 1. The second kappa shape index (κ2) is 5.50. The van der Waals surface area contributed by atoms with Crippen LogP contribution < -0.4 is 5.32 Å². The molecule has 0 spiro atoms. The Morgan fingerprint density at radius 2 is 2.14 bits per heavy atom. The van der Waals surface area contributed by atoms with Gasteiger partial charge < -0.3 is 5.32 Å². The van der Waals surface area contributed by atoms with E-state index in [1.165, 1.54) is 0 Å². The molecule has 0 aliphatic rings. The van der Waals surface area contributed by atoms with Crippen molar-refractivity contribution in [1.29, 1.82) is 0 Å². The van der Waals surface area contributed by atoms with Gasteiger partial charge in [-0.15, -0.1) is 18.3 Å². The van der Waals surface area contributed by atoms with E-state index in [2.05, 4.69) is 11.9 Å². The Bertz CT molecular complexity index is 319. The van der Waals surface area contributed by atoms with E-state index in [0.717, 1.165) is 4.90 Å². The zero-order chi connectivity index (χ0) is 10.4. The standard InChI is InChI=1S/C11H13NOS/c1-3-8-12-11(13)9-4-6-10(14-2)7-5-9/h3-7H,1,8H2,2H3,(H,12,13). The Balaban J connectivity index is 2.66. The molecule has 0 aromatic heterocycles. The van der Waals surface area contributed by atoms with E-state index < -0.39 is 0 Å². The first-order chi connectivity index (χ1) is 6.77. The zero-order valence-electron chi connectivity index (χ0n) is 8.12. The number of hydrogen-bond acceptors (Lipinski definition) is 2. The lowest BCUT2D eigenvalue weighted by Gasteiger charge is -2.02. The van der Waals surface area contributed by atoms with Gasteiger partial charge in [-0.2, -0.15) is 0 Å². The molecule has 1 aromatic rings. The van der Waals surface area contributed by atoms with Gasteiger partial charge in [0.05, 0.1) is 0 Å². The van der Waals surface area contributed by atoms with Crippen LogP contribution in [0.5, 0.6) is 0 Å². The van der Waals surface area contributed by atoms with Crippen molar-refractivity contribution < 1.29 is 4.79 Å². The van der Waals surface area contributed by atoms with Gasteiger partial charge >= 0.3 is 0 Å². The highest BCUT2D eigenvalue weighted by atomic mass is 32.2. The largest absolute Gasteiger partial charge is 0.349 e. The van der Waals surface area contributed by atoms with Crippen molar-refractivity contribution in [1.82, 2.24) is 5.32 Å². The maximum atomic E-state index is 11.4. The minimum Gasteiger partial charge on any atom is -0.349 e. The summed E-state index contributed by atoms with van der Waals surface area (Å²) in [6, 6.07) is 7.52. The SMILES string of the molecule is C=CCNC(=O)c1ccc(SC)cc1. The number of carbonyl (C=O) groups is 1. The van der Waals surface area contributed by atoms with Crippen molar-refractivity contribution in [3.8, 4) is 0 Å². The van der Waals surface area contributed by atoms with E-state index in [9.17, 15) is 4.79 Å². The van der Waals surface area contributed by atoms with E-state index in [0.29, 0.717) is 12.1 Å². The Kier molecular flexibility index (Phi) is 4.26. The molecule has 0 saturated carbocycles. The predicted octanol–water partition coefficient (Wildman–Crippen LogP) is 2.32. The molecule has 74 valence electrons. The minimum absolute atomic E-state index is 0.0578. The number of benzene rings is 1. The lowest BCUT2D eigenvalue weighted by atomic mass is 10.2. The highest BCUT2D eigenvalue weighted by Gasteiger charge is 2.02.